The van der Waals surface area contributed by atoms with Crippen LogP contribution in [0.4, 0.5) is 4.79 Å². The van der Waals surface area contributed by atoms with Gasteiger partial charge >= 0.3 is 6.09 Å². The summed E-state index contributed by atoms with van der Waals surface area (Å²) in [6.45, 7) is 5.55. The third-order valence-corrected chi connectivity index (χ3v) is 5.65. The van der Waals surface area contributed by atoms with Crippen molar-refractivity contribution in [3.63, 3.8) is 0 Å². The molecule has 0 atom stereocenters. The topological polar surface area (TPSA) is 111 Å². The van der Waals surface area contributed by atoms with Crippen LogP contribution in [0.3, 0.4) is 0 Å². The molecule has 31 heavy (non-hydrogen) atoms. The van der Waals surface area contributed by atoms with Crippen LogP contribution in [0.25, 0.3) is 5.95 Å². The summed E-state index contributed by atoms with van der Waals surface area (Å²) >= 11 is 0. The van der Waals surface area contributed by atoms with Gasteiger partial charge in [-0.3, -0.25) is 9.36 Å². The Kier molecular flexibility index (Phi) is 5.93. The first-order valence-corrected chi connectivity index (χ1v) is 11.0. The Bertz CT molecular complexity index is 943. The molecule has 2 aromatic heterocycles. The SMILES string of the molecule is CC(C)(C)OC(=O)N[C@H]1CC[C@H](NC(=O)c2nc(-n3ccnc3)nc3c2CCC3)CC1. The number of aryl methyl sites for hydroxylation is 1. The standard InChI is InChI=1S/C22H30N6O3/c1-22(2,3)31-21(30)25-15-9-7-14(8-10-15)24-19(29)18-16-5-4-6-17(16)26-20(27-18)28-12-11-23-13-28/h11-15H,4-10H2,1-3H3,(H,24,29)(H,25,30)/t14-,15-. The molecule has 9 nitrogen and oxygen atoms in total. The first-order chi connectivity index (χ1) is 14.8. The van der Waals surface area contributed by atoms with Crippen LogP contribution < -0.4 is 10.6 Å². The highest BCUT2D eigenvalue weighted by molar-refractivity contribution is 5.94. The van der Waals surface area contributed by atoms with E-state index in [0.29, 0.717) is 11.6 Å². The van der Waals surface area contributed by atoms with Crippen molar-refractivity contribution in [1.82, 2.24) is 30.2 Å². The molecular weight excluding hydrogens is 396 g/mol. The lowest BCUT2D eigenvalue weighted by Gasteiger charge is -2.30. The molecule has 0 aromatic carbocycles. The van der Waals surface area contributed by atoms with Gasteiger partial charge < -0.3 is 15.4 Å². The molecule has 0 radical (unpaired) electrons. The van der Waals surface area contributed by atoms with E-state index in [1.807, 2.05) is 20.8 Å². The fourth-order valence-electron chi connectivity index (χ4n) is 4.21. The van der Waals surface area contributed by atoms with Crippen LogP contribution in [0, 0.1) is 0 Å². The quantitative estimate of drug-likeness (QED) is 0.778. The van der Waals surface area contributed by atoms with Gasteiger partial charge in [0.2, 0.25) is 5.95 Å². The molecule has 2 heterocycles. The van der Waals surface area contributed by atoms with Gasteiger partial charge in [-0.05, 0) is 65.7 Å². The number of imidazole rings is 1. The number of rotatable bonds is 4. The third-order valence-electron chi connectivity index (χ3n) is 5.65. The van der Waals surface area contributed by atoms with Gasteiger partial charge in [-0.2, -0.15) is 0 Å². The second-order valence-electron chi connectivity index (χ2n) is 9.29. The van der Waals surface area contributed by atoms with E-state index in [2.05, 4.69) is 25.6 Å². The summed E-state index contributed by atoms with van der Waals surface area (Å²) < 4.78 is 7.06. The maximum absolute atomic E-state index is 13.1. The fourth-order valence-corrected chi connectivity index (χ4v) is 4.21. The monoisotopic (exact) mass is 426 g/mol. The van der Waals surface area contributed by atoms with E-state index in [0.717, 1.165) is 56.2 Å². The van der Waals surface area contributed by atoms with E-state index < -0.39 is 5.60 Å². The molecule has 2 amide bonds. The average molecular weight is 427 g/mol. The Morgan fingerprint density at radius 2 is 1.77 bits per heavy atom. The van der Waals surface area contributed by atoms with Crippen LogP contribution in [0.5, 0.6) is 0 Å². The molecule has 1 fully saturated rings. The Hall–Kier alpha value is -2.97. The predicted molar refractivity (Wildman–Crippen MR) is 114 cm³/mol. The minimum atomic E-state index is -0.511. The number of nitrogens with one attached hydrogen (secondary N) is 2. The molecule has 2 aromatic rings. The second-order valence-corrected chi connectivity index (χ2v) is 9.29. The summed E-state index contributed by atoms with van der Waals surface area (Å²) in [6.07, 6.45) is 10.6. The van der Waals surface area contributed by atoms with Gasteiger partial charge in [0.25, 0.3) is 5.91 Å². The van der Waals surface area contributed by atoms with Gasteiger partial charge in [0.05, 0.1) is 0 Å². The molecule has 0 unspecified atom stereocenters. The van der Waals surface area contributed by atoms with Crippen LogP contribution in [0.15, 0.2) is 18.7 Å². The number of hydrogen-bond donors (Lipinski definition) is 2. The van der Waals surface area contributed by atoms with E-state index in [1.165, 1.54) is 0 Å². The molecule has 2 aliphatic carbocycles. The summed E-state index contributed by atoms with van der Waals surface area (Å²) in [5, 5.41) is 6.09. The maximum Gasteiger partial charge on any atom is 0.407 e. The summed E-state index contributed by atoms with van der Waals surface area (Å²) in [5.41, 5.74) is 1.87. The number of aromatic nitrogens is 4. The van der Waals surface area contributed by atoms with E-state index in [1.54, 1.807) is 23.3 Å². The molecule has 0 bridgehead atoms. The number of carbonyl (C=O) groups is 2. The van der Waals surface area contributed by atoms with Crippen LogP contribution in [-0.2, 0) is 17.6 Å². The van der Waals surface area contributed by atoms with Gasteiger partial charge in [-0.15, -0.1) is 0 Å². The van der Waals surface area contributed by atoms with E-state index in [9.17, 15) is 9.59 Å². The molecule has 0 aliphatic heterocycles. The van der Waals surface area contributed by atoms with E-state index in [4.69, 9.17) is 4.74 Å². The molecule has 4 rings (SSSR count). The first-order valence-electron chi connectivity index (χ1n) is 11.0. The minimum Gasteiger partial charge on any atom is -0.444 e. The number of hydrogen-bond acceptors (Lipinski definition) is 6. The third kappa shape index (κ3) is 5.21. The highest BCUT2D eigenvalue weighted by Gasteiger charge is 2.28. The number of fused-ring (bicyclic) bond motifs is 1. The summed E-state index contributed by atoms with van der Waals surface area (Å²) in [5.74, 6) is 0.332. The van der Waals surface area contributed by atoms with Crippen molar-refractivity contribution < 1.29 is 14.3 Å². The lowest BCUT2D eigenvalue weighted by molar-refractivity contribution is 0.0488. The Balaban J connectivity index is 1.37. The highest BCUT2D eigenvalue weighted by atomic mass is 16.6. The van der Waals surface area contributed by atoms with Crippen LogP contribution in [0.1, 0.15) is 74.6 Å². The molecule has 166 valence electrons. The van der Waals surface area contributed by atoms with Crippen molar-refractivity contribution >= 4 is 12.0 Å². The van der Waals surface area contributed by atoms with Crippen molar-refractivity contribution in [3.05, 3.63) is 35.7 Å². The zero-order valence-electron chi connectivity index (χ0n) is 18.4. The number of alkyl carbamates (subject to hydrolysis) is 1. The lowest BCUT2D eigenvalue weighted by atomic mass is 9.91. The molecule has 1 saturated carbocycles. The van der Waals surface area contributed by atoms with Gasteiger partial charge in [0.15, 0.2) is 0 Å². The van der Waals surface area contributed by atoms with Gasteiger partial charge in [-0.25, -0.2) is 19.7 Å². The number of nitrogens with zero attached hydrogens (tertiary/aromatic N) is 4. The zero-order valence-corrected chi connectivity index (χ0v) is 18.4. The Morgan fingerprint density at radius 3 is 2.42 bits per heavy atom. The Labute approximate surface area is 182 Å². The number of carbonyl (C=O) groups excluding carboxylic acids is 2. The maximum atomic E-state index is 13.1. The largest absolute Gasteiger partial charge is 0.444 e. The van der Waals surface area contributed by atoms with Crippen molar-refractivity contribution in [1.29, 1.82) is 0 Å². The van der Waals surface area contributed by atoms with Crippen molar-refractivity contribution in [2.24, 2.45) is 0 Å². The van der Waals surface area contributed by atoms with E-state index in [-0.39, 0.29) is 24.1 Å². The van der Waals surface area contributed by atoms with Crippen LogP contribution in [-0.4, -0.2) is 49.2 Å². The van der Waals surface area contributed by atoms with Gasteiger partial charge in [0, 0.05) is 35.7 Å². The molecule has 9 heteroatoms. The first kappa shape index (κ1) is 21.3. The Morgan fingerprint density at radius 1 is 1.06 bits per heavy atom. The summed E-state index contributed by atoms with van der Waals surface area (Å²) in [7, 11) is 0. The van der Waals surface area contributed by atoms with Crippen molar-refractivity contribution in [2.75, 3.05) is 0 Å². The smallest absolute Gasteiger partial charge is 0.407 e. The van der Waals surface area contributed by atoms with Crippen LogP contribution >= 0.6 is 0 Å². The number of ether oxygens (including phenoxy) is 1. The normalized spacial score (nSPS) is 20.7. The van der Waals surface area contributed by atoms with Gasteiger partial charge in [-0.1, -0.05) is 0 Å². The summed E-state index contributed by atoms with van der Waals surface area (Å²) in [4.78, 5) is 38.3. The molecular formula is C22H30N6O3. The van der Waals surface area contributed by atoms with Crippen molar-refractivity contribution in [2.45, 2.75) is 83.4 Å². The van der Waals surface area contributed by atoms with Crippen LogP contribution in [0.2, 0.25) is 0 Å². The molecule has 2 N–H and O–H groups in total. The van der Waals surface area contributed by atoms with Gasteiger partial charge in [0.1, 0.15) is 17.6 Å². The minimum absolute atomic E-state index is 0.0629. The van der Waals surface area contributed by atoms with Crippen molar-refractivity contribution in [3.8, 4) is 5.95 Å². The molecule has 0 spiro atoms. The number of amides is 2. The highest BCUT2D eigenvalue weighted by Crippen LogP contribution is 2.25. The second kappa shape index (κ2) is 8.64. The molecule has 2 aliphatic rings. The fraction of sp³-hybridized carbons (Fsp3) is 0.591. The lowest BCUT2D eigenvalue weighted by Crippen LogP contribution is -2.45. The average Bonchev–Trinajstić information content (AvgIpc) is 3.39. The summed E-state index contributed by atoms with van der Waals surface area (Å²) in [6, 6.07) is 0.132. The zero-order chi connectivity index (χ0) is 22.0. The predicted octanol–water partition coefficient (Wildman–Crippen LogP) is 2.72. The van der Waals surface area contributed by atoms with E-state index >= 15 is 0 Å². The molecule has 0 saturated heterocycles.